The number of hydrogen-bond donors (Lipinski definition) is 2. The van der Waals surface area contributed by atoms with Gasteiger partial charge in [-0.25, -0.2) is 0 Å². The van der Waals surface area contributed by atoms with Crippen molar-refractivity contribution >= 4 is 11.6 Å². The molecule has 1 unspecified atom stereocenters. The molecule has 1 fully saturated rings. The van der Waals surface area contributed by atoms with Crippen LogP contribution >= 0.6 is 0 Å². The molecule has 1 aromatic rings. The molecule has 1 amide bonds. The predicted octanol–water partition coefficient (Wildman–Crippen LogP) is 2.64. The van der Waals surface area contributed by atoms with Gasteiger partial charge in [-0.2, -0.15) is 0 Å². The number of benzene rings is 1. The average Bonchev–Trinajstić information content (AvgIpc) is 2.94. The lowest BCUT2D eigenvalue weighted by Crippen LogP contribution is -2.15. The molecule has 2 rings (SSSR count). The monoisotopic (exact) mass is 276 g/mol. The molecule has 2 N–H and O–H groups in total. The summed E-state index contributed by atoms with van der Waals surface area (Å²) in [4.78, 5) is 12.0. The van der Waals surface area contributed by atoms with E-state index in [-0.39, 0.29) is 5.91 Å². The van der Waals surface area contributed by atoms with Crippen molar-refractivity contribution in [2.24, 2.45) is 5.92 Å². The Bertz CT molecular complexity index is 480. The molecule has 1 aliphatic heterocycles. The van der Waals surface area contributed by atoms with Crippen LogP contribution in [0.1, 0.15) is 30.4 Å². The van der Waals surface area contributed by atoms with Crippen molar-refractivity contribution in [1.29, 1.82) is 0 Å². The van der Waals surface area contributed by atoms with Crippen LogP contribution in [-0.4, -0.2) is 26.1 Å². The van der Waals surface area contributed by atoms with Crippen molar-refractivity contribution in [3.63, 3.8) is 0 Å². The summed E-state index contributed by atoms with van der Waals surface area (Å²) in [6.45, 7) is 6.11. The summed E-state index contributed by atoms with van der Waals surface area (Å²) in [5.74, 6) is 1.59. The van der Waals surface area contributed by atoms with Gasteiger partial charge in [0.2, 0.25) is 5.91 Å². The van der Waals surface area contributed by atoms with Crippen molar-refractivity contribution in [1.82, 2.24) is 5.32 Å². The van der Waals surface area contributed by atoms with Gasteiger partial charge in [-0.3, -0.25) is 4.79 Å². The van der Waals surface area contributed by atoms with Crippen LogP contribution in [0.3, 0.4) is 0 Å². The third-order valence-electron chi connectivity index (χ3n) is 4.02. The van der Waals surface area contributed by atoms with E-state index in [9.17, 15) is 4.79 Å². The highest BCUT2D eigenvalue weighted by atomic mass is 16.5. The van der Waals surface area contributed by atoms with E-state index in [1.165, 1.54) is 6.42 Å². The number of hydrogen-bond acceptors (Lipinski definition) is 3. The topological polar surface area (TPSA) is 50.4 Å². The molecule has 4 nitrogen and oxygen atoms in total. The number of anilines is 1. The van der Waals surface area contributed by atoms with Crippen molar-refractivity contribution in [3.05, 3.63) is 23.3 Å². The highest BCUT2D eigenvalue weighted by Gasteiger charge is 2.16. The number of methoxy groups -OCH3 is 1. The van der Waals surface area contributed by atoms with Gasteiger partial charge in [0.1, 0.15) is 5.75 Å². The van der Waals surface area contributed by atoms with E-state index < -0.39 is 0 Å². The molecule has 0 bridgehead atoms. The summed E-state index contributed by atoms with van der Waals surface area (Å²) < 4.78 is 5.38. The van der Waals surface area contributed by atoms with E-state index in [2.05, 4.69) is 10.6 Å². The number of nitrogens with one attached hydrogen (secondary N) is 2. The largest absolute Gasteiger partial charge is 0.496 e. The Morgan fingerprint density at radius 2 is 2.25 bits per heavy atom. The minimum absolute atomic E-state index is 0.0888. The van der Waals surface area contributed by atoms with Crippen LogP contribution < -0.4 is 15.4 Å². The SMILES string of the molecule is COc1c(C)ccc(NC(=O)CCC2CCNC2)c1C. The van der Waals surface area contributed by atoms with Gasteiger partial charge in [0.25, 0.3) is 0 Å². The molecule has 0 saturated carbocycles. The molecule has 0 aromatic heterocycles. The minimum atomic E-state index is 0.0888. The molecule has 1 atom stereocenters. The Morgan fingerprint density at radius 1 is 1.45 bits per heavy atom. The number of carbonyl (C=O) groups is 1. The first-order valence-electron chi connectivity index (χ1n) is 7.26. The van der Waals surface area contributed by atoms with E-state index in [1.54, 1.807) is 7.11 Å². The third kappa shape index (κ3) is 3.51. The summed E-state index contributed by atoms with van der Waals surface area (Å²) in [6, 6.07) is 3.92. The second-order valence-electron chi connectivity index (χ2n) is 5.53. The van der Waals surface area contributed by atoms with E-state index in [0.29, 0.717) is 12.3 Å². The average molecular weight is 276 g/mol. The summed E-state index contributed by atoms with van der Waals surface area (Å²) in [6.07, 6.45) is 2.73. The second-order valence-corrected chi connectivity index (χ2v) is 5.53. The van der Waals surface area contributed by atoms with Crippen LogP contribution in [-0.2, 0) is 4.79 Å². The quantitative estimate of drug-likeness (QED) is 0.869. The fraction of sp³-hybridized carbons (Fsp3) is 0.562. The Hall–Kier alpha value is -1.55. The van der Waals surface area contributed by atoms with E-state index in [4.69, 9.17) is 4.74 Å². The summed E-state index contributed by atoms with van der Waals surface area (Å²) in [5.41, 5.74) is 2.92. The van der Waals surface area contributed by atoms with E-state index in [0.717, 1.165) is 42.1 Å². The van der Waals surface area contributed by atoms with Crippen LogP contribution in [0.4, 0.5) is 5.69 Å². The molecule has 1 aromatic carbocycles. The van der Waals surface area contributed by atoms with Crippen molar-refractivity contribution in [2.45, 2.75) is 33.1 Å². The van der Waals surface area contributed by atoms with Gasteiger partial charge >= 0.3 is 0 Å². The molecule has 20 heavy (non-hydrogen) atoms. The van der Waals surface area contributed by atoms with Crippen molar-refractivity contribution in [3.8, 4) is 5.75 Å². The van der Waals surface area contributed by atoms with Gasteiger partial charge in [-0.05, 0) is 57.3 Å². The Morgan fingerprint density at radius 3 is 2.90 bits per heavy atom. The lowest BCUT2D eigenvalue weighted by Gasteiger charge is -2.14. The van der Waals surface area contributed by atoms with Crippen LogP contribution in [0, 0.1) is 19.8 Å². The lowest BCUT2D eigenvalue weighted by molar-refractivity contribution is -0.116. The molecule has 1 saturated heterocycles. The maximum atomic E-state index is 12.0. The molecule has 1 aliphatic rings. The maximum absolute atomic E-state index is 12.0. The molecular formula is C16H24N2O2. The van der Waals surface area contributed by atoms with Crippen molar-refractivity contribution in [2.75, 3.05) is 25.5 Å². The Labute approximate surface area is 120 Å². The zero-order chi connectivity index (χ0) is 14.5. The minimum Gasteiger partial charge on any atom is -0.496 e. The van der Waals surface area contributed by atoms with Crippen LogP contribution in [0.5, 0.6) is 5.75 Å². The van der Waals surface area contributed by atoms with Gasteiger partial charge in [0.05, 0.1) is 7.11 Å². The molecular weight excluding hydrogens is 252 g/mol. The first kappa shape index (κ1) is 14.9. The summed E-state index contributed by atoms with van der Waals surface area (Å²) >= 11 is 0. The number of aryl methyl sites for hydroxylation is 1. The maximum Gasteiger partial charge on any atom is 0.224 e. The van der Waals surface area contributed by atoms with Crippen LogP contribution in [0.2, 0.25) is 0 Å². The zero-order valence-electron chi connectivity index (χ0n) is 12.6. The van der Waals surface area contributed by atoms with Gasteiger partial charge in [0.15, 0.2) is 0 Å². The fourth-order valence-corrected chi connectivity index (χ4v) is 2.79. The predicted molar refractivity (Wildman–Crippen MR) is 81.3 cm³/mol. The molecule has 0 aliphatic carbocycles. The van der Waals surface area contributed by atoms with Crippen molar-refractivity contribution < 1.29 is 9.53 Å². The van der Waals surface area contributed by atoms with Crippen LogP contribution in [0.15, 0.2) is 12.1 Å². The highest BCUT2D eigenvalue weighted by molar-refractivity contribution is 5.92. The number of carbonyl (C=O) groups excluding carboxylic acids is 1. The van der Waals surface area contributed by atoms with E-state index >= 15 is 0 Å². The van der Waals surface area contributed by atoms with Crippen LogP contribution in [0.25, 0.3) is 0 Å². The van der Waals surface area contributed by atoms with Gasteiger partial charge in [0, 0.05) is 17.7 Å². The van der Waals surface area contributed by atoms with E-state index in [1.807, 2.05) is 26.0 Å². The molecule has 110 valence electrons. The smallest absolute Gasteiger partial charge is 0.224 e. The molecule has 0 radical (unpaired) electrons. The lowest BCUT2D eigenvalue weighted by atomic mass is 10.0. The fourth-order valence-electron chi connectivity index (χ4n) is 2.79. The Kier molecular flexibility index (Phi) is 5.01. The van der Waals surface area contributed by atoms with Gasteiger partial charge < -0.3 is 15.4 Å². The first-order chi connectivity index (χ1) is 9.61. The Balaban J connectivity index is 1.93. The van der Waals surface area contributed by atoms with Gasteiger partial charge in [-0.1, -0.05) is 6.07 Å². The number of ether oxygens (including phenoxy) is 1. The summed E-state index contributed by atoms with van der Waals surface area (Å²) in [5, 5.41) is 6.32. The third-order valence-corrected chi connectivity index (χ3v) is 4.02. The first-order valence-corrected chi connectivity index (χ1v) is 7.26. The number of amides is 1. The molecule has 0 spiro atoms. The zero-order valence-corrected chi connectivity index (χ0v) is 12.6. The highest BCUT2D eigenvalue weighted by Crippen LogP contribution is 2.29. The number of rotatable bonds is 5. The molecule has 1 heterocycles. The second kappa shape index (κ2) is 6.75. The normalized spacial score (nSPS) is 18.1. The van der Waals surface area contributed by atoms with Gasteiger partial charge in [-0.15, -0.1) is 0 Å². The standard InChI is InChI=1S/C16H24N2O2/c1-11-4-6-14(12(2)16(11)20-3)18-15(19)7-5-13-8-9-17-10-13/h4,6,13,17H,5,7-10H2,1-3H3,(H,18,19). The molecule has 4 heteroatoms. The summed E-state index contributed by atoms with van der Waals surface area (Å²) in [7, 11) is 1.66.